The van der Waals surface area contributed by atoms with Crippen LogP contribution in [0.2, 0.25) is 0 Å². The third kappa shape index (κ3) is 9.13. The molecule has 1 saturated heterocycles. The van der Waals surface area contributed by atoms with E-state index in [0.717, 1.165) is 29.2 Å². The van der Waals surface area contributed by atoms with Gasteiger partial charge in [0, 0.05) is 32.7 Å². The van der Waals surface area contributed by atoms with E-state index in [-0.39, 0.29) is 7.43 Å². The summed E-state index contributed by atoms with van der Waals surface area (Å²) >= 11 is 0. The second-order valence-corrected chi connectivity index (χ2v) is 6.80. The number of hydrogen-bond acceptors (Lipinski definition) is 4. The molecular formula is C26H42F2N2O2. The van der Waals surface area contributed by atoms with Crippen molar-refractivity contribution in [3.8, 4) is 11.5 Å². The molecule has 0 amide bonds. The van der Waals surface area contributed by atoms with E-state index in [1.54, 1.807) is 14.2 Å². The zero-order chi connectivity index (χ0) is 23.2. The molecule has 1 aliphatic heterocycles. The van der Waals surface area contributed by atoms with E-state index in [2.05, 4.69) is 4.90 Å². The first-order valence-corrected chi connectivity index (χ1v) is 11.1. The average molecular weight is 453 g/mol. The monoisotopic (exact) mass is 452 g/mol. The highest BCUT2D eigenvalue weighted by atomic mass is 19.3. The van der Waals surface area contributed by atoms with Gasteiger partial charge in [0.15, 0.2) is 0 Å². The lowest BCUT2D eigenvalue weighted by atomic mass is 10.1. The SMILES string of the molecule is C.CC.CC.COc1ccc(CN2CCN(Cc3ccc(OC)cc3)[C@@H](C(F)F)C2)cc1. The summed E-state index contributed by atoms with van der Waals surface area (Å²) in [5.41, 5.74) is 2.12. The van der Waals surface area contributed by atoms with E-state index in [1.165, 1.54) is 0 Å². The highest BCUT2D eigenvalue weighted by molar-refractivity contribution is 5.28. The van der Waals surface area contributed by atoms with Crippen molar-refractivity contribution in [3.05, 3.63) is 59.7 Å². The first-order valence-electron chi connectivity index (χ1n) is 11.1. The topological polar surface area (TPSA) is 24.9 Å². The lowest BCUT2D eigenvalue weighted by molar-refractivity contribution is -0.0300. The predicted molar refractivity (Wildman–Crippen MR) is 131 cm³/mol. The molecule has 2 aromatic carbocycles. The van der Waals surface area contributed by atoms with Crippen LogP contribution < -0.4 is 9.47 Å². The Morgan fingerprint density at radius 1 is 0.781 bits per heavy atom. The van der Waals surface area contributed by atoms with Gasteiger partial charge in [-0.1, -0.05) is 59.4 Å². The van der Waals surface area contributed by atoms with Crippen molar-refractivity contribution < 1.29 is 18.3 Å². The molecule has 6 heteroatoms. The summed E-state index contributed by atoms with van der Waals surface area (Å²) in [4.78, 5) is 3.99. The molecular weight excluding hydrogens is 410 g/mol. The number of rotatable bonds is 7. The van der Waals surface area contributed by atoms with Gasteiger partial charge >= 0.3 is 0 Å². The highest BCUT2D eigenvalue weighted by Crippen LogP contribution is 2.22. The molecule has 1 atom stereocenters. The largest absolute Gasteiger partial charge is 0.497 e. The second kappa shape index (κ2) is 16.5. The molecule has 0 spiro atoms. The molecule has 32 heavy (non-hydrogen) atoms. The molecule has 0 aromatic heterocycles. The molecule has 4 nitrogen and oxygen atoms in total. The fourth-order valence-electron chi connectivity index (χ4n) is 3.44. The quantitative estimate of drug-likeness (QED) is 0.489. The molecule has 0 saturated carbocycles. The van der Waals surface area contributed by atoms with Crippen molar-refractivity contribution >= 4 is 0 Å². The van der Waals surface area contributed by atoms with Crippen molar-refractivity contribution in [2.45, 2.75) is 60.7 Å². The van der Waals surface area contributed by atoms with Crippen molar-refractivity contribution in [2.24, 2.45) is 0 Å². The van der Waals surface area contributed by atoms with Crippen molar-refractivity contribution in [1.29, 1.82) is 0 Å². The van der Waals surface area contributed by atoms with Crippen LogP contribution in [0.25, 0.3) is 0 Å². The van der Waals surface area contributed by atoms with Gasteiger partial charge in [-0.3, -0.25) is 9.80 Å². The van der Waals surface area contributed by atoms with E-state index in [4.69, 9.17) is 9.47 Å². The number of alkyl halides is 2. The van der Waals surface area contributed by atoms with Crippen molar-refractivity contribution in [1.82, 2.24) is 9.80 Å². The minimum Gasteiger partial charge on any atom is -0.497 e. The van der Waals surface area contributed by atoms with Crippen LogP contribution in [-0.2, 0) is 13.1 Å². The van der Waals surface area contributed by atoms with Crippen molar-refractivity contribution in [3.63, 3.8) is 0 Å². The van der Waals surface area contributed by atoms with Crippen LogP contribution in [0.1, 0.15) is 46.2 Å². The number of halogens is 2. The number of ether oxygens (including phenoxy) is 2. The molecule has 3 rings (SSSR count). The molecule has 0 radical (unpaired) electrons. The Labute approximate surface area is 194 Å². The van der Waals surface area contributed by atoms with Gasteiger partial charge in [0.25, 0.3) is 6.43 Å². The van der Waals surface area contributed by atoms with Crippen LogP contribution >= 0.6 is 0 Å². The molecule has 1 fully saturated rings. The third-order valence-electron chi connectivity index (χ3n) is 5.02. The van der Waals surface area contributed by atoms with Gasteiger partial charge in [0.2, 0.25) is 0 Å². The molecule has 2 aromatic rings. The molecule has 0 N–H and O–H groups in total. The summed E-state index contributed by atoms with van der Waals surface area (Å²) in [5, 5.41) is 0. The molecule has 182 valence electrons. The summed E-state index contributed by atoms with van der Waals surface area (Å²) in [7, 11) is 3.24. The fourth-order valence-corrected chi connectivity index (χ4v) is 3.44. The van der Waals surface area contributed by atoms with Crippen LogP contribution in [0.5, 0.6) is 11.5 Å². The smallest absolute Gasteiger partial charge is 0.255 e. The van der Waals surface area contributed by atoms with Crippen molar-refractivity contribution in [2.75, 3.05) is 33.9 Å². The second-order valence-electron chi connectivity index (χ2n) is 6.80. The Morgan fingerprint density at radius 3 is 1.62 bits per heavy atom. The Kier molecular flexibility index (Phi) is 15.3. The van der Waals surface area contributed by atoms with E-state index in [1.807, 2.05) is 81.1 Å². The summed E-state index contributed by atoms with van der Waals surface area (Å²) in [6, 6.07) is 14.6. The zero-order valence-corrected chi connectivity index (χ0v) is 19.8. The maximum atomic E-state index is 13.7. The number of hydrogen-bond donors (Lipinski definition) is 0. The Bertz CT molecular complexity index is 709. The van der Waals surface area contributed by atoms with E-state index in [9.17, 15) is 8.78 Å². The Balaban J connectivity index is 0.00000182. The van der Waals surface area contributed by atoms with Gasteiger partial charge in [0.1, 0.15) is 11.5 Å². The summed E-state index contributed by atoms with van der Waals surface area (Å²) in [5.74, 6) is 1.57. The van der Waals surface area contributed by atoms with E-state index >= 15 is 0 Å². The summed E-state index contributed by atoms with van der Waals surface area (Å²) in [6.45, 7) is 10.9. The maximum Gasteiger partial charge on any atom is 0.255 e. The summed E-state index contributed by atoms with van der Waals surface area (Å²) in [6.07, 6.45) is -2.37. The minimum atomic E-state index is -2.37. The zero-order valence-electron chi connectivity index (χ0n) is 19.8. The molecule has 1 aliphatic rings. The summed E-state index contributed by atoms with van der Waals surface area (Å²) < 4.78 is 37.7. The highest BCUT2D eigenvalue weighted by Gasteiger charge is 2.33. The van der Waals surface area contributed by atoms with Gasteiger partial charge in [-0.15, -0.1) is 0 Å². The lowest BCUT2D eigenvalue weighted by Gasteiger charge is -2.41. The normalized spacial score (nSPS) is 16.1. The van der Waals surface area contributed by atoms with Gasteiger partial charge in [-0.05, 0) is 35.4 Å². The van der Waals surface area contributed by atoms with Crippen LogP contribution in [0.15, 0.2) is 48.5 Å². The standard InChI is InChI=1S/C21H26F2N2O2.2C2H6.CH4/c1-26-18-7-3-16(4-8-18)13-24-11-12-25(20(15-24)21(22)23)14-17-5-9-19(27-2)10-6-17;2*1-2;/h3-10,20-21H,11-15H2,1-2H3;2*1-2H3;1H4/t20-;;;/m1.../s1. The van der Waals surface area contributed by atoms with Gasteiger partial charge < -0.3 is 9.47 Å². The van der Waals surface area contributed by atoms with Crippen LogP contribution in [0, 0.1) is 0 Å². The minimum absolute atomic E-state index is 0. The first-order chi connectivity index (χ1) is 15.1. The Hall–Kier alpha value is -2.18. The number of methoxy groups -OCH3 is 2. The van der Waals surface area contributed by atoms with Gasteiger partial charge in [-0.2, -0.15) is 0 Å². The lowest BCUT2D eigenvalue weighted by Crippen LogP contribution is -2.55. The first kappa shape index (κ1) is 29.8. The van der Waals surface area contributed by atoms with E-state index < -0.39 is 12.5 Å². The molecule has 0 aliphatic carbocycles. The average Bonchev–Trinajstić information content (AvgIpc) is 2.83. The van der Waals surface area contributed by atoms with E-state index in [0.29, 0.717) is 26.2 Å². The van der Waals surface area contributed by atoms with Gasteiger partial charge in [-0.25, -0.2) is 8.78 Å². The molecule has 1 heterocycles. The van der Waals surface area contributed by atoms with Crippen LogP contribution in [0.3, 0.4) is 0 Å². The van der Waals surface area contributed by atoms with Crippen LogP contribution in [-0.4, -0.2) is 56.1 Å². The predicted octanol–water partition coefficient (Wildman–Crippen LogP) is 6.34. The molecule has 0 unspecified atom stereocenters. The van der Waals surface area contributed by atoms with Crippen LogP contribution in [0.4, 0.5) is 8.78 Å². The Morgan fingerprint density at radius 2 is 1.22 bits per heavy atom. The fraction of sp³-hybridized carbons (Fsp3) is 0.538. The maximum absolute atomic E-state index is 13.7. The number of piperazine rings is 1. The molecule has 0 bridgehead atoms. The number of nitrogens with zero attached hydrogens (tertiary/aromatic N) is 2. The number of benzene rings is 2. The van der Waals surface area contributed by atoms with Gasteiger partial charge in [0.05, 0.1) is 20.3 Å². The third-order valence-corrected chi connectivity index (χ3v) is 5.02.